The maximum absolute atomic E-state index is 11.5. The van der Waals surface area contributed by atoms with Gasteiger partial charge in [0.25, 0.3) is 5.69 Å². The Balaban J connectivity index is 1.61. The Morgan fingerprint density at radius 2 is 1.14 bits per heavy atom. The van der Waals surface area contributed by atoms with Gasteiger partial charge in [0.1, 0.15) is 0 Å². The van der Waals surface area contributed by atoms with Crippen LogP contribution in [0.2, 0.25) is 0 Å². The molecule has 1 aliphatic carbocycles. The quantitative estimate of drug-likeness (QED) is 0.127. The molecule has 0 bridgehead atoms. The molecule has 1 atom stereocenters. The highest BCUT2D eigenvalue weighted by Crippen LogP contribution is 2.51. The fraction of sp³-hybridized carbons (Fsp3) is 0.0256. The summed E-state index contributed by atoms with van der Waals surface area (Å²) in [7, 11) is 0. The number of rotatable bonds is 4. The van der Waals surface area contributed by atoms with Crippen LogP contribution in [0.1, 0.15) is 39.3 Å². The Kier molecular flexibility index (Phi) is 6.43. The lowest BCUT2D eigenvalue weighted by atomic mass is 9.81. The molecule has 198 valence electrons. The zero-order valence-electron chi connectivity index (χ0n) is 22.7. The number of hydrogen-bond acceptors (Lipinski definition) is 2. The molecule has 0 radical (unpaired) electrons. The van der Waals surface area contributed by atoms with E-state index in [0.29, 0.717) is 0 Å². The number of benzene rings is 6. The predicted octanol–water partition coefficient (Wildman–Crippen LogP) is 9.39. The van der Waals surface area contributed by atoms with Gasteiger partial charge in [0.15, 0.2) is 0 Å². The molecule has 0 heterocycles. The second kappa shape index (κ2) is 10.7. The van der Waals surface area contributed by atoms with Crippen LogP contribution in [-0.2, 0) is 0 Å². The minimum Gasteiger partial charge on any atom is -0.258 e. The van der Waals surface area contributed by atoms with Crippen molar-refractivity contribution < 1.29 is 4.92 Å². The lowest BCUT2D eigenvalue weighted by Gasteiger charge is -2.21. The van der Waals surface area contributed by atoms with Crippen LogP contribution in [-0.4, -0.2) is 4.92 Å². The van der Waals surface area contributed by atoms with E-state index in [0.717, 1.165) is 55.3 Å². The number of nitrogens with zero attached hydrogens (tertiary/aromatic N) is 1. The first-order valence-corrected chi connectivity index (χ1v) is 13.9. The van der Waals surface area contributed by atoms with Gasteiger partial charge in [0.2, 0.25) is 0 Å². The molecule has 0 fully saturated rings. The van der Waals surface area contributed by atoms with E-state index in [1.807, 2.05) is 54.6 Å². The summed E-state index contributed by atoms with van der Waals surface area (Å²) in [4.78, 5) is 11.1. The van der Waals surface area contributed by atoms with Gasteiger partial charge < -0.3 is 0 Å². The van der Waals surface area contributed by atoms with E-state index in [1.54, 1.807) is 12.1 Å². The van der Waals surface area contributed by atoms with Crippen molar-refractivity contribution in [2.75, 3.05) is 0 Å². The van der Waals surface area contributed by atoms with E-state index in [2.05, 4.69) is 90.7 Å². The topological polar surface area (TPSA) is 43.1 Å². The van der Waals surface area contributed by atoms with E-state index in [4.69, 9.17) is 0 Å². The Morgan fingerprint density at radius 3 is 1.79 bits per heavy atom. The molecule has 42 heavy (non-hydrogen) atoms. The molecule has 0 aromatic heterocycles. The standard InChI is InChI=1S/C39H25NO2/c41-40(42)31-23-21-29(22-24-31)35-26-36(28-14-6-2-7-15-28)39-37(30-16-8-3-9-17-30)33-19-11-10-18-32(33)34(38(35)39)25-20-27-12-4-1-5-13-27/h1-19,21-24,26,35H. The Labute approximate surface area is 244 Å². The third kappa shape index (κ3) is 4.46. The van der Waals surface area contributed by atoms with Crippen LogP contribution in [0.3, 0.4) is 0 Å². The maximum Gasteiger partial charge on any atom is 0.269 e. The summed E-state index contributed by atoms with van der Waals surface area (Å²) in [6.07, 6.45) is 2.31. The lowest BCUT2D eigenvalue weighted by Crippen LogP contribution is -2.03. The summed E-state index contributed by atoms with van der Waals surface area (Å²) in [6, 6.07) is 46.5. The zero-order valence-corrected chi connectivity index (χ0v) is 22.7. The van der Waals surface area contributed by atoms with Crippen LogP contribution >= 0.6 is 0 Å². The first-order valence-electron chi connectivity index (χ1n) is 13.9. The monoisotopic (exact) mass is 539 g/mol. The van der Waals surface area contributed by atoms with Crippen molar-refractivity contribution in [2.24, 2.45) is 0 Å². The molecule has 7 rings (SSSR count). The van der Waals surface area contributed by atoms with Crippen molar-refractivity contribution in [3.63, 3.8) is 0 Å². The average Bonchev–Trinajstić information content (AvgIpc) is 3.44. The second-order valence-corrected chi connectivity index (χ2v) is 10.3. The molecule has 0 aliphatic heterocycles. The second-order valence-electron chi connectivity index (χ2n) is 10.3. The number of nitro groups is 1. The van der Waals surface area contributed by atoms with Crippen molar-refractivity contribution in [3.05, 3.63) is 189 Å². The van der Waals surface area contributed by atoms with Gasteiger partial charge in [0.05, 0.1) is 4.92 Å². The smallest absolute Gasteiger partial charge is 0.258 e. The fourth-order valence-electron chi connectivity index (χ4n) is 6.00. The molecule has 1 unspecified atom stereocenters. The number of allylic oxidation sites excluding steroid dienone is 1. The summed E-state index contributed by atoms with van der Waals surface area (Å²) in [6.45, 7) is 0. The van der Waals surface area contributed by atoms with Gasteiger partial charge in [-0.05, 0) is 61.9 Å². The molecule has 0 N–H and O–H groups in total. The van der Waals surface area contributed by atoms with Gasteiger partial charge in [-0.2, -0.15) is 0 Å². The Hall–Kier alpha value is -5.72. The minimum absolute atomic E-state index is 0.0804. The van der Waals surface area contributed by atoms with Crippen LogP contribution in [0, 0.1) is 22.0 Å². The molecule has 6 aromatic carbocycles. The van der Waals surface area contributed by atoms with Crippen molar-refractivity contribution in [3.8, 4) is 23.0 Å². The Morgan fingerprint density at radius 1 is 0.571 bits per heavy atom. The highest BCUT2D eigenvalue weighted by molar-refractivity contribution is 6.09. The van der Waals surface area contributed by atoms with Crippen molar-refractivity contribution in [1.29, 1.82) is 0 Å². The van der Waals surface area contributed by atoms with E-state index in [9.17, 15) is 10.1 Å². The van der Waals surface area contributed by atoms with E-state index < -0.39 is 0 Å². The molecular formula is C39H25NO2. The first kappa shape index (κ1) is 25.3. The molecule has 0 saturated heterocycles. The van der Waals surface area contributed by atoms with Crippen LogP contribution in [0.15, 0.2) is 146 Å². The van der Waals surface area contributed by atoms with Gasteiger partial charge >= 0.3 is 0 Å². The van der Waals surface area contributed by atoms with Gasteiger partial charge in [-0.15, -0.1) is 0 Å². The van der Waals surface area contributed by atoms with Gasteiger partial charge in [0, 0.05) is 29.2 Å². The van der Waals surface area contributed by atoms with E-state index in [-0.39, 0.29) is 16.5 Å². The normalized spacial score (nSPS) is 13.6. The van der Waals surface area contributed by atoms with Crippen molar-refractivity contribution >= 4 is 22.0 Å². The molecule has 0 saturated carbocycles. The molecular weight excluding hydrogens is 514 g/mol. The van der Waals surface area contributed by atoms with Crippen LogP contribution in [0.4, 0.5) is 5.69 Å². The predicted molar refractivity (Wildman–Crippen MR) is 170 cm³/mol. The SMILES string of the molecule is O=[N+]([O-])c1ccc(C2C=C(c3ccccc3)c3c2c(C#Cc2ccccc2)c2ccccc2c3-c2ccccc2)cc1. The fourth-order valence-corrected chi connectivity index (χ4v) is 6.00. The summed E-state index contributed by atoms with van der Waals surface area (Å²) < 4.78 is 0. The minimum atomic E-state index is -0.352. The Bertz CT molecular complexity index is 2030. The number of fused-ring (bicyclic) bond motifs is 2. The number of non-ortho nitro benzene ring substituents is 1. The zero-order chi connectivity index (χ0) is 28.5. The average molecular weight is 540 g/mol. The molecule has 3 nitrogen and oxygen atoms in total. The summed E-state index contributed by atoms with van der Waals surface area (Å²) in [5.41, 5.74) is 9.86. The highest BCUT2D eigenvalue weighted by Gasteiger charge is 2.33. The number of hydrogen-bond donors (Lipinski definition) is 0. The van der Waals surface area contributed by atoms with Crippen LogP contribution < -0.4 is 0 Å². The van der Waals surface area contributed by atoms with Crippen molar-refractivity contribution in [1.82, 2.24) is 0 Å². The summed E-state index contributed by atoms with van der Waals surface area (Å²) in [5.74, 6) is 6.89. The summed E-state index contributed by atoms with van der Waals surface area (Å²) in [5, 5.41) is 13.7. The highest BCUT2D eigenvalue weighted by atomic mass is 16.6. The largest absolute Gasteiger partial charge is 0.269 e. The molecule has 6 aromatic rings. The summed E-state index contributed by atoms with van der Waals surface area (Å²) >= 11 is 0. The van der Waals surface area contributed by atoms with Crippen LogP contribution in [0.5, 0.6) is 0 Å². The van der Waals surface area contributed by atoms with Crippen molar-refractivity contribution in [2.45, 2.75) is 5.92 Å². The van der Waals surface area contributed by atoms with Gasteiger partial charge in [-0.1, -0.05) is 133 Å². The van der Waals surface area contributed by atoms with Crippen LogP contribution in [0.25, 0.3) is 27.5 Å². The molecule has 0 spiro atoms. The lowest BCUT2D eigenvalue weighted by molar-refractivity contribution is -0.384. The third-order valence-electron chi connectivity index (χ3n) is 7.88. The molecule has 0 amide bonds. The van der Waals surface area contributed by atoms with Gasteiger partial charge in [-0.3, -0.25) is 10.1 Å². The molecule has 1 aliphatic rings. The number of nitro benzene ring substituents is 1. The third-order valence-corrected chi connectivity index (χ3v) is 7.88. The van der Waals surface area contributed by atoms with E-state index >= 15 is 0 Å². The molecule has 3 heteroatoms. The van der Waals surface area contributed by atoms with E-state index in [1.165, 1.54) is 5.56 Å². The maximum atomic E-state index is 11.5. The first-order chi connectivity index (χ1) is 20.7. The van der Waals surface area contributed by atoms with Gasteiger partial charge in [-0.25, -0.2) is 0 Å².